The summed E-state index contributed by atoms with van der Waals surface area (Å²) in [5.74, 6) is -3.25. The number of ketones is 2. The fourth-order valence-corrected chi connectivity index (χ4v) is 6.61. The van der Waals surface area contributed by atoms with Gasteiger partial charge in [-0.15, -0.1) is 10.3 Å². The first-order chi connectivity index (χ1) is 12.4. The molecule has 1 aromatic rings. The molecule has 0 saturated carbocycles. The molecule has 0 atom stereocenters. The van der Waals surface area contributed by atoms with Crippen molar-refractivity contribution in [1.82, 2.24) is 0 Å². The Morgan fingerprint density at radius 1 is 1.04 bits per heavy atom. The summed E-state index contributed by atoms with van der Waals surface area (Å²) in [7, 11) is -9.45. The highest BCUT2D eigenvalue weighted by molar-refractivity contribution is 8.33. The summed E-state index contributed by atoms with van der Waals surface area (Å²) in [5.41, 5.74) is -5.82. The normalized spacial score (nSPS) is 13.4. The van der Waals surface area contributed by atoms with Crippen molar-refractivity contribution < 1.29 is 45.0 Å². The molecule has 7 nitrogen and oxygen atoms in total. The molecule has 0 aromatic heterocycles. The number of carbonyl (C=O) groups is 2. The molecule has 0 heterocycles. The molecule has 1 aromatic carbocycles. The van der Waals surface area contributed by atoms with Gasteiger partial charge in [-0.05, 0) is 6.92 Å². The van der Waals surface area contributed by atoms with E-state index in [1.165, 1.54) is 31.2 Å². The number of halogens is 3. The Labute approximate surface area is 155 Å². The minimum absolute atomic E-state index is 0.0162. The van der Waals surface area contributed by atoms with Crippen LogP contribution in [0.5, 0.6) is 0 Å². The van der Waals surface area contributed by atoms with Crippen molar-refractivity contribution in [2.45, 2.75) is 12.4 Å². The quantitative estimate of drug-likeness (QED) is 0.426. The van der Waals surface area contributed by atoms with Crippen LogP contribution in [0.2, 0.25) is 0 Å². The minimum atomic E-state index is -6.06. The molecular weight excluding hydrogens is 413 g/mol. The number of alkyl halides is 3. The fourth-order valence-electron chi connectivity index (χ4n) is 2.25. The molecule has 0 aliphatic carbocycles. The van der Waals surface area contributed by atoms with Crippen molar-refractivity contribution in [1.29, 1.82) is 0 Å². The molecule has 0 bridgehead atoms. The van der Waals surface area contributed by atoms with E-state index in [1.54, 1.807) is 0 Å². The average molecular weight is 432 g/mol. The third kappa shape index (κ3) is 6.01. The fraction of sp³-hybridized carbons (Fsp3) is 0.467. The van der Waals surface area contributed by atoms with Gasteiger partial charge in [0.1, 0.15) is 0 Å². The second-order valence-electron chi connectivity index (χ2n) is 5.46. The summed E-state index contributed by atoms with van der Waals surface area (Å²) in [6, 6.07) is 5.54. The van der Waals surface area contributed by atoms with Gasteiger partial charge in [0, 0.05) is 22.6 Å². The number of carbonyl (C=O) groups excluding carboxylic acids is 2. The highest BCUT2D eigenvalue weighted by atomic mass is 32.3. The van der Waals surface area contributed by atoms with Gasteiger partial charge in [-0.1, -0.05) is 24.3 Å². The van der Waals surface area contributed by atoms with Crippen LogP contribution in [0.1, 0.15) is 27.6 Å². The molecular formula is C15H19F3O7S2. The number of hydrogen-bond acceptors (Lipinski definition) is 7. The van der Waals surface area contributed by atoms with Gasteiger partial charge in [-0.2, -0.15) is 21.6 Å². The zero-order valence-electron chi connectivity index (χ0n) is 14.2. The first-order valence-electron chi connectivity index (χ1n) is 7.53. The number of aliphatic hydroxyl groups excluding tert-OH is 2. The lowest BCUT2D eigenvalue weighted by molar-refractivity contribution is -0.0496. The van der Waals surface area contributed by atoms with Crippen LogP contribution in [-0.4, -0.2) is 66.2 Å². The van der Waals surface area contributed by atoms with E-state index in [0.29, 0.717) is 0 Å². The molecule has 0 fully saturated rings. The molecule has 0 unspecified atom stereocenters. The molecule has 2 N–H and O–H groups in total. The molecule has 0 aliphatic heterocycles. The Morgan fingerprint density at radius 2 is 1.52 bits per heavy atom. The van der Waals surface area contributed by atoms with Gasteiger partial charge in [-0.25, -0.2) is 3.63 Å². The van der Waals surface area contributed by atoms with E-state index >= 15 is 0 Å². The highest BCUT2D eigenvalue weighted by Crippen LogP contribution is 2.52. The van der Waals surface area contributed by atoms with Crippen molar-refractivity contribution in [3.05, 3.63) is 35.4 Å². The van der Waals surface area contributed by atoms with Gasteiger partial charge >= 0.3 is 15.6 Å². The predicted molar refractivity (Wildman–Crippen MR) is 93.2 cm³/mol. The van der Waals surface area contributed by atoms with E-state index in [2.05, 4.69) is 3.63 Å². The maximum absolute atomic E-state index is 12.7. The van der Waals surface area contributed by atoms with E-state index in [1.807, 2.05) is 0 Å². The Balaban J connectivity index is 3.33. The zero-order chi connectivity index (χ0) is 20.9. The maximum Gasteiger partial charge on any atom is 0.523 e. The average Bonchev–Trinajstić information content (AvgIpc) is 2.53. The molecule has 0 amide bonds. The summed E-state index contributed by atoms with van der Waals surface area (Å²) in [5, 5.41) is 18.3. The van der Waals surface area contributed by atoms with E-state index in [4.69, 9.17) is 0 Å². The lowest BCUT2D eigenvalue weighted by Gasteiger charge is -2.37. The lowest BCUT2D eigenvalue weighted by atomic mass is 10.0. The molecule has 0 saturated heterocycles. The second-order valence-corrected chi connectivity index (χ2v) is 10.4. The topological polar surface area (TPSA) is 118 Å². The number of rotatable bonds is 10. The SMILES string of the molecule is CC(=O)c1ccccc1C(=O)CS(CCO)(CCO)OS(=O)(=O)C(F)(F)F. The molecule has 0 spiro atoms. The van der Waals surface area contributed by atoms with Crippen molar-refractivity contribution >= 4 is 32.0 Å². The predicted octanol–water partition coefficient (Wildman–Crippen LogP) is 1.64. The van der Waals surface area contributed by atoms with Crippen molar-refractivity contribution in [2.75, 3.05) is 30.5 Å². The third-order valence-electron chi connectivity index (χ3n) is 3.44. The van der Waals surface area contributed by atoms with Gasteiger partial charge in [-0.3, -0.25) is 9.59 Å². The van der Waals surface area contributed by atoms with Crippen LogP contribution in [0.15, 0.2) is 24.3 Å². The summed E-state index contributed by atoms with van der Waals surface area (Å²) in [6.07, 6.45) is 0. The van der Waals surface area contributed by atoms with E-state index in [9.17, 15) is 41.4 Å². The Kier molecular flexibility index (Phi) is 7.99. The van der Waals surface area contributed by atoms with Crippen LogP contribution in [-0.2, 0) is 13.7 Å². The van der Waals surface area contributed by atoms with Gasteiger partial charge < -0.3 is 10.2 Å². The lowest BCUT2D eigenvalue weighted by Crippen LogP contribution is -2.33. The Bertz CT molecular complexity index is 785. The van der Waals surface area contributed by atoms with Crippen LogP contribution in [0, 0.1) is 0 Å². The van der Waals surface area contributed by atoms with Crippen LogP contribution in [0.25, 0.3) is 0 Å². The van der Waals surface area contributed by atoms with Crippen molar-refractivity contribution in [3.63, 3.8) is 0 Å². The molecule has 154 valence electrons. The molecule has 27 heavy (non-hydrogen) atoms. The summed E-state index contributed by atoms with van der Waals surface area (Å²) >= 11 is 0. The number of hydrogen-bond donors (Lipinski definition) is 2. The van der Waals surface area contributed by atoms with Gasteiger partial charge in [0.25, 0.3) is 0 Å². The van der Waals surface area contributed by atoms with E-state index in [0.717, 1.165) is 0 Å². The number of benzene rings is 1. The van der Waals surface area contributed by atoms with E-state index in [-0.39, 0.29) is 11.1 Å². The Morgan fingerprint density at radius 3 is 1.93 bits per heavy atom. The van der Waals surface area contributed by atoms with Gasteiger partial charge in [0.05, 0.1) is 19.0 Å². The Hall–Kier alpha value is -1.47. The van der Waals surface area contributed by atoms with Crippen molar-refractivity contribution in [3.8, 4) is 0 Å². The largest absolute Gasteiger partial charge is 0.523 e. The molecule has 12 heteroatoms. The monoisotopic (exact) mass is 432 g/mol. The summed E-state index contributed by atoms with van der Waals surface area (Å²) in [4.78, 5) is 24.3. The van der Waals surface area contributed by atoms with Crippen LogP contribution >= 0.6 is 10.3 Å². The summed E-state index contributed by atoms with van der Waals surface area (Å²) in [6.45, 7) is -0.326. The third-order valence-corrected chi connectivity index (χ3v) is 8.52. The van der Waals surface area contributed by atoms with Crippen LogP contribution in [0.3, 0.4) is 0 Å². The minimum Gasteiger partial charge on any atom is -0.395 e. The second kappa shape index (κ2) is 9.15. The first kappa shape index (κ1) is 23.6. The first-order valence-corrected chi connectivity index (χ1v) is 11.0. The standard InChI is InChI=1S/C15H19F3O7S2/c1-11(21)12-4-2-3-5-13(12)14(22)10-26(8-6-19,9-7-20)25-27(23,24)15(16,17)18/h2-5,19-20H,6-10H2,1H3. The molecule has 0 radical (unpaired) electrons. The summed E-state index contributed by atoms with van der Waals surface area (Å²) < 4.78 is 65.4. The smallest absolute Gasteiger partial charge is 0.395 e. The number of Topliss-reactive ketones (excluding diaryl/α,β-unsaturated/α-hetero) is 2. The van der Waals surface area contributed by atoms with E-state index < -0.39 is 68.0 Å². The maximum atomic E-state index is 12.7. The highest BCUT2D eigenvalue weighted by Gasteiger charge is 2.51. The van der Waals surface area contributed by atoms with Gasteiger partial charge in [0.2, 0.25) is 0 Å². The van der Waals surface area contributed by atoms with Crippen LogP contribution in [0.4, 0.5) is 13.2 Å². The molecule has 0 aliphatic rings. The van der Waals surface area contributed by atoms with Crippen LogP contribution < -0.4 is 0 Å². The van der Waals surface area contributed by atoms with Crippen molar-refractivity contribution in [2.24, 2.45) is 0 Å². The van der Waals surface area contributed by atoms with Gasteiger partial charge in [0.15, 0.2) is 11.6 Å². The zero-order valence-corrected chi connectivity index (χ0v) is 15.9. The number of aliphatic hydroxyl groups is 2. The molecule has 1 rings (SSSR count).